The number of fused-ring (bicyclic) bond motifs is 3. The van der Waals surface area contributed by atoms with Crippen LogP contribution in [0, 0.1) is 5.92 Å². The number of hydrogen-bond donors (Lipinski definition) is 3. The third kappa shape index (κ3) is 4.87. The second kappa shape index (κ2) is 10.5. The molecule has 0 aromatic heterocycles. The summed E-state index contributed by atoms with van der Waals surface area (Å²) in [5.74, 6) is 0.441. The van der Waals surface area contributed by atoms with Crippen LogP contribution in [0.2, 0.25) is 0 Å². The Kier molecular flexibility index (Phi) is 6.79. The van der Waals surface area contributed by atoms with E-state index in [-0.39, 0.29) is 24.0 Å². The van der Waals surface area contributed by atoms with Gasteiger partial charge >= 0.3 is 6.03 Å². The molecule has 2 heterocycles. The van der Waals surface area contributed by atoms with Crippen molar-refractivity contribution in [2.75, 3.05) is 17.2 Å². The van der Waals surface area contributed by atoms with Crippen molar-refractivity contribution in [2.45, 2.75) is 62.6 Å². The fraction of sp³-hybridized carbons (Fsp3) is 0.375. The average molecular weight is 509 g/mol. The maximum absolute atomic E-state index is 14.1. The number of nitrogens with zero attached hydrogens (tertiary/aromatic N) is 1. The lowest BCUT2D eigenvalue weighted by molar-refractivity contribution is -0.134. The highest BCUT2D eigenvalue weighted by Crippen LogP contribution is 2.51. The Morgan fingerprint density at radius 2 is 1.55 bits per heavy atom. The van der Waals surface area contributed by atoms with Gasteiger partial charge in [-0.25, -0.2) is 4.79 Å². The molecule has 2 fully saturated rings. The van der Waals surface area contributed by atoms with Crippen LogP contribution in [0.4, 0.5) is 16.2 Å². The fourth-order valence-electron chi connectivity index (χ4n) is 6.89. The Morgan fingerprint density at radius 1 is 0.868 bits per heavy atom. The predicted octanol–water partition coefficient (Wildman–Crippen LogP) is 6.66. The van der Waals surface area contributed by atoms with Crippen LogP contribution in [0.15, 0.2) is 84.9 Å². The number of nitrogens with one attached hydrogen (secondary N) is 3. The topological polar surface area (TPSA) is 73.5 Å². The molecule has 3 aliphatic rings. The summed E-state index contributed by atoms with van der Waals surface area (Å²) < 4.78 is 0. The van der Waals surface area contributed by atoms with Crippen LogP contribution in [0.1, 0.15) is 68.2 Å². The van der Waals surface area contributed by atoms with E-state index in [1.54, 1.807) is 0 Å². The predicted molar refractivity (Wildman–Crippen MR) is 151 cm³/mol. The van der Waals surface area contributed by atoms with Gasteiger partial charge in [-0.15, -0.1) is 0 Å². The standard InChI is InChI=1S/C32H36N4O2/c37-28(22-32(19-10-3-11-20-32)35-31(38)33-24-14-6-2-7-15-24)36-21-18-26-29(23-12-4-1-5-13-23)34-27-17-9-8-16-25(27)30(26)36/h1-2,4-9,12-17,26,29-30,34H,3,10-11,18-22H2,(H2,33,35,38). The summed E-state index contributed by atoms with van der Waals surface area (Å²) in [6.07, 6.45) is 6.13. The molecule has 0 spiro atoms. The lowest BCUT2D eigenvalue weighted by atomic mass is 9.78. The van der Waals surface area contributed by atoms with Crippen LogP contribution in [-0.4, -0.2) is 28.9 Å². The van der Waals surface area contributed by atoms with Gasteiger partial charge in [-0.05, 0) is 48.6 Å². The molecule has 3 amide bonds. The lowest BCUT2D eigenvalue weighted by Gasteiger charge is -2.42. The number of carbonyl (C=O) groups excluding carboxylic acids is 2. The van der Waals surface area contributed by atoms with Gasteiger partial charge in [0.25, 0.3) is 0 Å². The van der Waals surface area contributed by atoms with Gasteiger partial charge in [0.05, 0.1) is 17.6 Å². The van der Waals surface area contributed by atoms with E-state index in [0.29, 0.717) is 12.3 Å². The molecule has 1 saturated carbocycles. The van der Waals surface area contributed by atoms with Crippen molar-refractivity contribution in [2.24, 2.45) is 5.92 Å². The van der Waals surface area contributed by atoms with Crippen molar-refractivity contribution in [1.29, 1.82) is 0 Å². The largest absolute Gasteiger partial charge is 0.378 e. The van der Waals surface area contributed by atoms with E-state index in [4.69, 9.17) is 0 Å². The molecule has 0 radical (unpaired) electrons. The van der Waals surface area contributed by atoms with Gasteiger partial charge in [0, 0.05) is 30.3 Å². The van der Waals surface area contributed by atoms with Crippen LogP contribution in [0.25, 0.3) is 0 Å². The first-order valence-electron chi connectivity index (χ1n) is 14.0. The molecular weight excluding hydrogens is 472 g/mol. The SMILES string of the molecule is O=C(Nc1ccccc1)NC1(CC(=O)N2CCC3C(c4ccccc4)Nc4ccccc4C32)CCCCC1. The number of anilines is 2. The third-order valence-electron chi connectivity index (χ3n) is 8.65. The monoisotopic (exact) mass is 508 g/mol. The second-order valence-corrected chi connectivity index (χ2v) is 11.1. The minimum Gasteiger partial charge on any atom is -0.378 e. The van der Waals surface area contributed by atoms with E-state index in [1.807, 2.05) is 36.4 Å². The second-order valence-electron chi connectivity index (χ2n) is 11.1. The van der Waals surface area contributed by atoms with Crippen LogP contribution in [-0.2, 0) is 4.79 Å². The molecule has 38 heavy (non-hydrogen) atoms. The summed E-state index contributed by atoms with van der Waals surface area (Å²) in [5.41, 5.74) is 3.80. The highest BCUT2D eigenvalue weighted by molar-refractivity contribution is 5.90. The summed E-state index contributed by atoms with van der Waals surface area (Å²) in [4.78, 5) is 29.2. The van der Waals surface area contributed by atoms with Crippen molar-refractivity contribution >= 4 is 23.3 Å². The third-order valence-corrected chi connectivity index (χ3v) is 8.65. The van der Waals surface area contributed by atoms with E-state index in [9.17, 15) is 9.59 Å². The summed E-state index contributed by atoms with van der Waals surface area (Å²) in [6, 6.07) is 28.4. The molecule has 6 nitrogen and oxygen atoms in total. The molecule has 1 saturated heterocycles. The van der Waals surface area contributed by atoms with Crippen molar-refractivity contribution in [1.82, 2.24) is 10.2 Å². The summed E-state index contributed by atoms with van der Waals surface area (Å²) >= 11 is 0. The Morgan fingerprint density at radius 3 is 2.32 bits per heavy atom. The number of amides is 3. The van der Waals surface area contributed by atoms with Gasteiger partial charge in [0.2, 0.25) is 5.91 Å². The first kappa shape index (κ1) is 24.5. The number of carbonyl (C=O) groups is 2. The quantitative estimate of drug-likeness (QED) is 0.361. The Balaban J connectivity index is 1.24. The van der Waals surface area contributed by atoms with Gasteiger partial charge in [0.1, 0.15) is 0 Å². The fourth-order valence-corrected chi connectivity index (χ4v) is 6.89. The van der Waals surface area contributed by atoms with Gasteiger partial charge in [-0.3, -0.25) is 4.79 Å². The zero-order chi connectivity index (χ0) is 26.0. The van der Waals surface area contributed by atoms with Gasteiger partial charge in [0.15, 0.2) is 0 Å². The Hall–Kier alpha value is -3.80. The molecule has 3 aromatic rings. The van der Waals surface area contributed by atoms with E-state index in [0.717, 1.165) is 56.4 Å². The zero-order valence-electron chi connectivity index (χ0n) is 21.7. The Bertz CT molecular complexity index is 1270. The van der Waals surface area contributed by atoms with E-state index in [1.165, 1.54) is 11.1 Å². The maximum Gasteiger partial charge on any atom is 0.319 e. The molecule has 6 heteroatoms. The van der Waals surface area contributed by atoms with Crippen molar-refractivity contribution in [3.63, 3.8) is 0 Å². The number of likely N-dealkylation sites (tertiary alicyclic amines) is 1. The van der Waals surface area contributed by atoms with Gasteiger partial charge < -0.3 is 20.9 Å². The van der Waals surface area contributed by atoms with E-state index < -0.39 is 5.54 Å². The molecule has 3 atom stereocenters. The molecule has 3 N–H and O–H groups in total. The highest BCUT2D eigenvalue weighted by atomic mass is 16.2. The van der Waals surface area contributed by atoms with Crippen LogP contribution in [0.5, 0.6) is 0 Å². The molecule has 3 unspecified atom stereocenters. The zero-order valence-corrected chi connectivity index (χ0v) is 21.7. The first-order chi connectivity index (χ1) is 18.6. The molecule has 0 bridgehead atoms. The van der Waals surface area contributed by atoms with Crippen molar-refractivity contribution in [3.8, 4) is 0 Å². The molecule has 3 aromatic carbocycles. The molecule has 196 valence electrons. The number of para-hydroxylation sites is 2. The summed E-state index contributed by atoms with van der Waals surface area (Å²) in [5, 5.41) is 9.99. The normalized spacial score (nSPS) is 23.5. The highest BCUT2D eigenvalue weighted by Gasteiger charge is 2.47. The lowest BCUT2D eigenvalue weighted by Crippen LogP contribution is -2.54. The Labute approximate surface area is 224 Å². The van der Waals surface area contributed by atoms with Crippen molar-refractivity contribution in [3.05, 3.63) is 96.1 Å². The number of urea groups is 1. The maximum atomic E-state index is 14.1. The summed E-state index contributed by atoms with van der Waals surface area (Å²) in [6.45, 7) is 0.736. The van der Waals surface area contributed by atoms with Crippen LogP contribution < -0.4 is 16.0 Å². The number of benzene rings is 3. The molecule has 6 rings (SSSR count). The smallest absolute Gasteiger partial charge is 0.319 e. The average Bonchev–Trinajstić information content (AvgIpc) is 3.40. The van der Waals surface area contributed by atoms with E-state index in [2.05, 4.69) is 69.4 Å². The first-order valence-corrected chi connectivity index (χ1v) is 14.0. The molecule has 2 aliphatic heterocycles. The van der Waals surface area contributed by atoms with Crippen LogP contribution >= 0.6 is 0 Å². The minimum atomic E-state index is -0.516. The summed E-state index contributed by atoms with van der Waals surface area (Å²) in [7, 11) is 0. The molecular formula is C32H36N4O2. The van der Waals surface area contributed by atoms with E-state index >= 15 is 0 Å². The minimum absolute atomic E-state index is 0.0314. The number of hydrogen-bond acceptors (Lipinski definition) is 3. The van der Waals surface area contributed by atoms with Gasteiger partial charge in [-0.2, -0.15) is 0 Å². The van der Waals surface area contributed by atoms with Crippen LogP contribution in [0.3, 0.4) is 0 Å². The number of rotatable bonds is 5. The van der Waals surface area contributed by atoms with Gasteiger partial charge in [-0.1, -0.05) is 86.0 Å². The van der Waals surface area contributed by atoms with Crippen molar-refractivity contribution < 1.29 is 9.59 Å². The molecule has 1 aliphatic carbocycles.